The van der Waals surface area contributed by atoms with E-state index in [1.165, 1.54) is 0 Å². The van der Waals surface area contributed by atoms with Crippen LogP contribution in [-0.4, -0.2) is 37.6 Å². The Morgan fingerprint density at radius 2 is 1.91 bits per heavy atom. The van der Waals surface area contributed by atoms with Crippen molar-refractivity contribution in [1.82, 2.24) is 14.5 Å². The molecule has 6 nitrogen and oxygen atoms in total. The second-order valence-electron chi connectivity index (χ2n) is 5.46. The quantitative estimate of drug-likeness (QED) is 0.795. The van der Waals surface area contributed by atoms with Crippen LogP contribution < -0.4 is 9.46 Å². The highest BCUT2D eigenvalue weighted by atomic mass is 32.2. The van der Waals surface area contributed by atoms with Crippen LogP contribution in [0.2, 0.25) is 0 Å². The van der Waals surface area contributed by atoms with Gasteiger partial charge in [0.1, 0.15) is 5.75 Å². The molecule has 0 spiro atoms. The van der Waals surface area contributed by atoms with Crippen LogP contribution >= 0.6 is 0 Å². The molecule has 0 aliphatic rings. The molecule has 1 aromatic carbocycles. The van der Waals surface area contributed by atoms with Gasteiger partial charge in [-0.1, -0.05) is 12.1 Å². The Kier molecular flexibility index (Phi) is 5.79. The normalized spacial score (nSPS) is 11.6. The first kappa shape index (κ1) is 17.5. The van der Waals surface area contributed by atoms with Crippen molar-refractivity contribution in [2.75, 3.05) is 19.4 Å². The molecule has 1 aromatic heterocycles. The number of methoxy groups -OCH3 is 1. The van der Waals surface area contributed by atoms with Crippen LogP contribution in [0.3, 0.4) is 0 Å². The number of hydrogen-bond donors (Lipinski definition) is 1. The summed E-state index contributed by atoms with van der Waals surface area (Å²) < 4.78 is 33.6. The Balaban J connectivity index is 1.80. The second kappa shape index (κ2) is 7.61. The molecule has 0 aliphatic carbocycles. The number of rotatable bonds is 8. The summed E-state index contributed by atoms with van der Waals surface area (Å²) in [6.45, 7) is 4.75. The van der Waals surface area contributed by atoms with Crippen molar-refractivity contribution in [2.45, 2.75) is 26.8 Å². The van der Waals surface area contributed by atoms with Crippen LogP contribution in [0.4, 0.5) is 0 Å². The summed E-state index contributed by atoms with van der Waals surface area (Å²) in [6.07, 6.45) is 0.471. The first-order valence-electron chi connectivity index (χ1n) is 7.51. The van der Waals surface area contributed by atoms with Gasteiger partial charge in [0.05, 0.1) is 25.1 Å². The van der Waals surface area contributed by atoms with Crippen molar-refractivity contribution in [1.29, 1.82) is 0 Å². The molecule has 2 aromatic rings. The average Bonchev–Trinajstić information content (AvgIpc) is 2.83. The zero-order chi connectivity index (χ0) is 16.9. The van der Waals surface area contributed by atoms with Gasteiger partial charge in [-0.05, 0) is 44.0 Å². The van der Waals surface area contributed by atoms with Gasteiger partial charge >= 0.3 is 0 Å². The number of hydrogen-bond acceptors (Lipinski definition) is 4. The highest BCUT2D eigenvalue weighted by Gasteiger charge is 2.10. The molecule has 0 radical (unpaired) electrons. The Morgan fingerprint density at radius 3 is 2.48 bits per heavy atom. The fraction of sp³-hybridized carbons (Fsp3) is 0.438. The molecule has 7 heteroatoms. The van der Waals surface area contributed by atoms with Crippen molar-refractivity contribution in [3.05, 3.63) is 47.3 Å². The fourth-order valence-electron chi connectivity index (χ4n) is 2.32. The summed E-state index contributed by atoms with van der Waals surface area (Å²) in [5.41, 5.74) is 2.93. The Morgan fingerprint density at radius 1 is 1.22 bits per heavy atom. The molecule has 1 heterocycles. The van der Waals surface area contributed by atoms with E-state index in [0.29, 0.717) is 19.5 Å². The monoisotopic (exact) mass is 337 g/mol. The molecule has 0 saturated heterocycles. The number of ether oxygens (including phenoxy) is 1. The topological polar surface area (TPSA) is 73.2 Å². The van der Waals surface area contributed by atoms with E-state index in [1.54, 1.807) is 11.8 Å². The smallest absolute Gasteiger partial charge is 0.211 e. The van der Waals surface area contributed by atoms with Crippen molar-refractivity contribution in [3.8, 4) is 5.75 Å². The van der Waals surface area contributed by atoms with Gasteiger partial charge in [-0.25, -0.2) is 13.1 Å². The molecule has 1 N–H and O–H groups in total. The number of nitrogens with one attached hydrogen (secondary N) is 1. The van der Waals surface area contributed by atoms with E-state index in [0.717, 1.165) is 22.7 Å². The van der Waals surface area contributed by atoms with E-state index < -0.39 is 10.0 Å². The van der Waals surface area contributed by atoms with Crippen molar-refractivity contribution >= 4 is 10.0 Å². The number of nitrogens with zero attached hydrogens (tertiary/aromatic N) is 2. The van der Waals surface area contributed by atoms with Crippen LogP contribution in [-0.2, 0) is 23.0 Å². The van der Waals surface area contributed by atoms with Crippen LogP contribution in [0.5, 0.6) is 5.75 Å². The predicted molar refractivity (Wildman–Crippen MR) is 90.2 cm³/mol. The van der Waals surface area contributed by atoms with Gasteiger partial charge in [-0.2, -0.15) is 5.10 Å². The molecule has 0 unspecified atom stereocenters. The van der Waals surface area contributed by atoms with Crippen LogP contribution in [0, 0.1) is 13.8 Å². The SMILES string of the molecule is COc1ccc(CCS(=O)(=O)NCCn2nc(C)cc2C)cc1. The molecule has 126 valence electrons. The molecule has 0 fully saturated rings. The van der Waals surface area contributed by atoms with E-state index in [-0.39, 0.29) is 5.75 Å². The van der Waals surface area contributed by atoms with Gasteiger partial charge in [0, 0.05) is 12.2 Å². The summed E-state index contributed by atoms with van der Waals surface area (Å²) in [4.78, 5) is 0. The lowest BCUT2D eigenvalue weighted by molar-refractivity contribution is 0.414. The van der Waals surface area contributed by atoms with Crippen molar-refractivity contribution in [3.63, 3.8) is 0 Å². The minimum absolute atomic E-state index is 0.0659. The van der Waals surface area contributed by atoms with Gasteiger partial charge < -0.3 is 4.74 Å². The van der Waals surface area contributed by atoms with Gasteiger partial charge in [0.25, 0.3) is 0 Å². The molecule has 23 heavy (non-hydrogen) atoms. The molecule has 0 aliphatic heterocycles. The second-order valence-corrected chi connectivity index (χ2v) is 7.39. The summed E-state index contributed by atoms with van der Waals surface area (Å²) in [6, 6.07) is 9.39. The zero-order valence-corrected chi connectivity index (χ0v) is 14.6. The largest absolute Gasteiger partial charge is 0.497 e. The lowest BCUT2D eigenvalue weighted by atomic mass is 10.2. The van der Waals surface area contributed by atoms with Gasteiger partial charge in [0.2, 0.25) is 10.0 Å². The molecule has 0 bridgehead atoms. The van der Waals surface area contributed by atoms with Crippen molar-refractivity contribution in [2.24, 2.45) is 0 Å². The third-order valence-corrected chi connectivity index (χ3v) is 4.95. The first-order valence-corrected chi connectivity index (χ1v) is 9.16. The number of benzene rings is 1. The Bertz CT molecular complexity index is 736. The van der Waals surface area contributed by atoms with E-state index in [2.05, 4.69) is 9.82 Å². The highest BCUT2D eigenvalue weighted by Crippen LogP contribution is 2.12. The molecule has 0 saturated carbocycles. The van der Waals surface area contributed by atoms with Crippen LogP contribution in [0.1, 0.15) is 17.0 Å². The minimum Gasteiger partial charge on any atom is -0.497 e. The average molecular weight is 337 g/mol. The summed E-state index contributed by atoms with van der Waals surface area (Å²) in [7, 11) is -1.69. The maximum atomic E-state index is 12.0. The lowest BCUT2D eigenvalue weighted by Crippen LogP contribution is -2.30. The van der Waals surface area contributed by atoms with E-state index in [1.807, 2.05) is 44.2 Å². The Hall–Kier alpha value is -1.86. The molecule has 2 rings (SSSR count). The van der Waals surface area contributed by atoms with Gasteiger partial charge in [0.15, 0.2) is 0 Å². The zero-order valence-electron chi connectivity index (χ0n) is 13.7. The van der Waals surface area contributed by atoms with E-state index in [4.69, 9.17) is 4.74 Å². The van der Waals surface area contributed by atoms with Gasteiger partial charge in [-0.15, -0.1) is 0 Å². The van der Waals surface area contributed by atoms with Crippen molar-refractivity contribution < 1.29 is 13.2 Å². The highest BCUT2D eigenvalue weighted by molar-refractivity contribution is 7.89. The Labute approximate surface area is 137 Å². The summed E-state index contributed by atoms with van der Waals surface area (Å²) in [5.74, 6) is 0.829. The van der Waals surface area contributed by atoms with Crippen LogP contribution in [0.25, 0.3) is 0 Å². The third kappa shape index (κ3) is 5.37. The number of sulfonamides is 1. The fourth-order valence-corrected chi connectivity index (χ4v) is 3.38. The maximum absolute atomic E-state index is 12.0. The number of aromatic nitrogens is 2. The molecular formula is C16H23N3O3S. The molecule has 0 amide bonds. The van der Waals surface area contributed by atoms with Gasteiger partial charge in [-0.3, -0.25) is 4.68 Å². The maximum Gasteiger partial charge on any atom is 0.211 e. The van der Waals surface area contributed by atoms with E-state index >= 15 is 0 Å². The first-order chi connectivity index (χ1) is 10.9. The molecular weight excluding hydrogens is 314 g/mol. The van der Waals surface area contributed by atoms with Crippen LogP contribution in [0.15, 0.2) is 30.3 Å². The summed E-state index contributed by atoms with van der Waals surface area (Å²) in [5, 5.41) is 4.31. The minimum atomic E-state index is -3.29. The van der Waals surface area contributed by atoms with E-state index in [9.17, 15) is 8.42 Å². The molecule has 0 atom stereocenters. The lowest BCUT2D eigenvalue weighted by Gasteiger charge is -2.08. The number of aryl methyl sites for hydroxylation is 3. The third-order valence-electron chi connectivity index (χ3n) is 3.57. The summed E-state index contributed by atoms with van der Waals surface area (Å²) >= 11 is 0. The predicted octanol–water partition coefficient (Wildman–Crippen LogP) is 1.67. The standard InChI is InChI=1S/C16H23N3O3S/c1-13-12-14(2)19(18-13)10-9-17-23(20,21)11-8-15-4-6-16(22-3)7-5-15/h4-7,12,17H,8-11H2,1-3H3.